The minimum absolute atomic E-state index is 0.0190. The Morgan fingerprint density at radius 2 is 1.78 bits per heavy atom. The number of imide groups is 1. The molecule has 0 unspecified atom stereocenters. The van der Waals surface area contributed by atoms with Gasteiger partial charge in [0.15, 0.2) is 5.82 Å². The zero-order valence-electron chi connectivity index (χ0n) is 31.3. The van der Waals surface area contributed by atoms with E-state index >= 15 is 0 Å². The van der Waals surface area contributed by atoms with Crippen LogP contribution in [0.15, 0.2) is 49.1 Å². The molecule has 294 valence electrons. The van der Waals surface area contributed by atoms with Crippen LogP contribution < -0.4 is 20.9 Å². The van der Waals surface area contributed by atoms with Crippen molar-refractivity contribution in [3.05, 3.63) is 65.9 Å². The Labute approximate surface area is 318 Å². The predicted molar refractivity (Wildman–Crippen MR) is 202 cm³/mol. The lowest BCUT2D eigenvalue weighted by molar-refractivity contribution is -0.120. The monoisotopic (exact) mass is 759 g/mol. The summed E-state index contributed by atoms with van der Waals surface area (Å²) in [7, 11) is 0. The molecule has 1 aliphatic carbocycles. The number of hydrogen-bond donors (Lipinski definition) is 4. The van der Waals surface area contributed by atoms with Crippen molar-refractivity contribution in [1.29, 1.82) is 0 Å². The highest BCUT2D eigenvalue weighted by Gasteiger charge is 2.30. The van der Waals surface area contributed by atoms with Crippen LogP contribution in [0.3, 0.4) is 0 Å². The molecule has 1 aromatic carbocycles. The molecule has 2 atom stereocenters. The average molecular weight is 760 g/mol. The van der Waals surface area contributed by atoms with Gasteiger partial charge < -0.3 is 29.6 Å². The fourth-order valence-electron chi connectivity index (χ4n) is 6.68. The van der Waals surface area contributed by atoms with Crippen molar-refractivity contribution < 1.29 is 38.1 Å². The Hall–Kier alpha value is -5.39. The predicted octanol–water partition coefficient (Wildman–Crippen LogP) is 4.31. The first kappa shape index (κ1) is 39.3. The maximum Gasteiger partial charge on any atom is 0.407 e. The van der Waals surface area contributed by atoms with Gasteiger partial charge in [-0.2, -0.15) is 10.2 Å². The molecule has 3 aromatic heterocycles. The molecule has 5 amide bonds. The van der Waals surface area contributed by atoms with E-state index in [0.29, 0.717) is 76.2 Å². The number of H-pyrrole nitrogens is 1. The molecule has 0 radical (unpaired) electrons. The summed E-state index contributed by atoms with van der Waals surface area (Å²) in [6.07, 6.45) is 10.3. The number of pyridine rings is 1. The minimum atomic E-state index is -0.427. The number of aromatic amines is 1. The normalized spacial score (nSPS) is 17.2. The largest absolute Gasteiger partial charge is 0.446 e. The van der Waals surface area contributed by atoms with Crippen LogP contribution in [0.1, 0.15) is 73.5 Å². The molecule has 4 N–H and O–H groups in total. The lowest BCUT2D eigenvalue weighted by atomic mass is 10.0. The first-order valence-electron chi connectivity index (χ1n) is 18.8. The van der Waals surface area contributed by atoms with Gasteiger partial charge in [-0.15, -0.1) is 0 Å². The van der Waals surface area contributed by atoms with Crippen molar-refractivity contribution in [3.8, 4) is 0 Å². The van der Waals surface area contributed by atoms with E-state index in [-0.39, 0.29) is 36.3 Å². The van der Waals surface area contributed by atoms with Crippen LogP contribution in [0.4, 0.5) is 21.1 Å². The number of urea groups is 1. The standard InChI is InChI=1S/C38H49N9O8/c1-25(2)41-38(51)55-29-9-8-27(19-29)32-20-34(45-44-32)42-36(49)28-21-40-46(24-28)12-14-53-16-18-54-17-15-52-13-4-6-26-5-3-7-30-31(26)22-39-23-33(30)47-11-10-35(48)43-37(47)50/h3,5,7,20-25,27,29H,4,6,8-19H2,1-2H3,(H,41,51)(H,43,48,50)(H2,42,44,45,49)/t27-,29+/m0/s1. The van der Waals surface area contributed by atoms with E-state index in [2.05, 4.69) is 42.3 Å². The second-order valence-corrected chi connectivity index (χ2v) is 13.9. The summed E-state index contributed by atoms with van der Waals surface area (Å²) < 4.78 is 24.2. The Kier molecular flexibility index (Phi) is 13.8. The number of nitrogens with zero attached hydrogens (tertiary/aromatic N) is 5. The molecular weight excluding hydrogens is 710 g/mol. The summed E-state index contributed by atoms with van der Waals surface area (Å²) in [6, 6.07) is 7.40. The summed E-state index contributed by atoms with van der Waals surface area (Å²) in [5, 5.41) is 21.3. The molecule has 0 bridgehead atoms. The van der Waals surface area contributed by atoms with E-state index in [1.807, 2.05) is 38.2 Å². The van der Waals surface area contributed by atoms with Gasteiger partial charge in [-0.25, -0.2) is 9.59 Å². The molecule has 55 heavy (non-hydrogen) atoms. The van der Waals surface area contributed by atoms with Crippen LogP contribution in [0.5, 0.6) is 0 Å². The van der Waals surface area contributed by atoms with Gasteiger partial charge in [-0.05, 0) is 51.5 Å². The number of amides is 5. The lowest BCUT2D eigenvalue weighted by Crippen LogP contribution is -2.49. The maximum atomic E-state index is 12.8. The summed E-state index contributed by atoms with van der Waals surface area (Å²) in [5.41, 5.74) is 3.11. The number of nitrogens with one attached hydrogen (secondary N) is 4. The minimum Gasteiger partial charge on any atom is -0.446 e. The van der Waals surface area contributed by atoms with E-state index < -0.39 is 12.1 Å². The average Bonchev–Trinajstić information content (AvgIpc) is 3.94. The van der Waals surface area contributed by atoms with Crippen LogP contribution in [-0.4, -0.2) is 107 Å². The molecular formula is C38H49N9O8. The highest BCUT2D eigenvalue weighted by atomic mass is 16.6. The van der Waals surface area contributed by atoms with Gasteiger partial charge >= 0.3 is 12.1 Å². The molecule has 0 spiro atoms. The number of hydrogen-bond acceptors (Lipinski definition) is 11. The molecule has 2 aliphatic rings. The van der Waals surface area contributed by atoms with E-state index in [0.717, 1.165) is 47.7 Å². The summed E-state index contributed by atoms with van der Waals surface area (Å²) in [5.74, 6) is 0.00139. The van der Waals surface area contributed by atoms with Gasteiger partial charge in [0.2, 0.25) is 5.91 Å². The Morgan fingerprint density at radius 3 is 2.58 bits per heavy atom. The fraction of sp³-hybridized carbons (Fsp3) is 0.500. The van der Waals surface area contributed by atoms with Gasteiger partial charge in [0, 0.05) is 66.5 Å². The number of aromatic nitrogens is 5. The number of alkyl carbamates (subject to hydrolysis) is 1. The quantitative estimate of drug-likeness (QED) is 0.0993. The zero-order chi connectivity index (χ0) is 38.6. The number of fused-ring (bicyclic) bond motifs is 1. The van der Waals surface area contributed by atoms with Crippen LogP contribution in [0.25, 0.3) is 10.8 Å². The van der Waals surface area contributed by atoms with Gasteiger partial charge in [-0.1, -0.05) is 18.2 Å². The third kappa shape index (κ3) is 11.1. The SMILES string of the molecule is CC(C)NC(=O)O[C@@H]1CC[C@H](c2cc(NC(=O)c3cnn(CCOCCOCCOCCCc4cccc5c(N6CCC(=O)NC6=O)cncc45)c3)n[nH]2)C1. The van der Waals surface area contributed by atoms with Crippen LogP contribution in [0, 0.1) is 0 Å². The number of benzene rings is 1. The Balaban J connectivity index is 0.803. The molecule has 4 aromatic rings. The smallest absolute Gasteiger partial charge is 0.407 e. The van der Waals surface area contributed by atoms with E-state index in [1.54, 1.807) is 22.0 Å². The third-order valence-electron chi connectivity index (χ3n) is 9.40. The van der Waals surface area contributed by atoms with E-state index in [1.165, 1.54) is 6.20 Å². The molecule has 1 saturated carbocycles. The van der Waals surface area contributed by atoms with Crippen molar-refractivity contribution in [2.24, 2.45) is 0 Å². The number of carbonyl (C=O) groups is 4. The Morgan fingerprint density at radius 1 is 0.982 bits per heavy atom. The fourth-order valence-corrected chi connectivity index (χ4v) is 6.68. The zero-order valence-corrected chi connectivity index (χ0v) is 31.3. The molecule has 6 rings (SSSR count). The van der Waals surface area contributed by atoms with Crippen molar-refractivity contribution >= 4 is 46.2 Å². The summed E-state index contributed by atoms with van der Waals surface area (Å²) in [4.78, 5) is 54.7. The van der Waals surface area contributed by atoms with Gasteiger partial charge in [-0.3, -0.25) is 34.6 Å². The van der Waals surface area contributed by atoms with Gasteiger partial charge in [0.1, 0.15) is 6.10 Å². The number of ether oxygens (including phenoxy) is 4. The first-order valence-corrected chi connectivity index (χ1v) is 18.8. The van der Waals surface area contributed by atoms with Gasteiger partial charge in [0.25, 0.3) is 5.91 Å². The van der Waals surface area contributed by atoms with Gasteiger partial charge in [0.05, 0.1) is 63.2 Å². The number of anilines is 2. The van der Waals surface area contributed by atoms with Crippen LogP contribution in [-0.2, 0) is 36.7 Å². The maximum absolute atomic E-state index is 12.8. The van der Waals surface area contributed by atoms with Crippen LogP contribution in [0.2, 0.25) is 0 Å². The lowest BCUT2D eigenvalue weighted by Gasteiger charge is -2.27. The second-order valence-electron chi connectivity index (χ2n) is 13.9. The number of aryl methyl sites for hydroxylation is 1. The highest BCUT2D eigenvalue weighted by molar-refractivity contribution is 6.10. The van der Waals surface area contributed by atoms with E-state index in [4.69, 9.17) is 18.9 Å². The summed E-state index contributed by atoms with van der Waals surface area (Å²) >= 11 is 0. The third-order valence-corrected chi connectivity index (χ3v) is 9.40. The summed E-state index contributed by atoms with van der Waals surface area (Å²) in [6.45, 7) is 7.33. The topological polar surface area (TPSA) is 204 Å². The molecule has 17 nitrogen and oxygen atoms in total. The number of carbonyl (C=O) groups excluding carboxylic acids is 4. The molecule has 1 aliphatic heterocycles. The molecule has 4 heterocycles. The van der Waals surface area contributed by atoms with Crippen LogP contribution >= 0.6 is 0 Å². The van der Waals surface area contributed by atoms with Crippen molar-refractivity contribution in [3.63, 3.8) is 0 Å². The van der Waals surface area contributed by atoms with Crippen molar-refractivity contribution in [2.75, 3.05) is 56.4 Å². The highest BCUT2D eigenvalue weighted by Crippen LogP contribution is 2.36. The van der Waals surface area contributed by atoms with Crippen molar-refractivity contribution in [2.45, 2.75) is 77.0 Å². The number of rotatable bonds is 19. The second kappa shape index (κ2) is 19.3. The molecule has 1 saturated heterocycles. The van der Waals surface area contributed by atoms with E-state index in [9.17, 15) is 19.2 Å². The first-order chi connectivity index (χ1) is 26.7. The molecule has 2 fully saturated rings. The Bertz CT molecular complexity index is 1930. The molecule has 17 heteroatoms. The van der Waals surface area contributed by atoms with Crippen molar-refractivity contribution in [1.82, 2.24) is 35.6 Å².